The first-order valence-electron chi connectivity index (χ1n) is 7.08. The molecule has 23 heavy (non-hydrogen) atoms. The maximum atomic E-state index is 12.5. The number of rotatable bonds is 4. The monoisotopic (exact) mass is 329 g/mol. The van der Waals surface area contributed by atoms with E-state index in [0.29, 0.717) is 17.3 Å². The molecule has 0 aliphatic carbocycles. The van der Waals surface area contributed by atoms with E-state index < -0.39 is 0 Å². The van der Waals surface area contributed by atoms with Crippen LogP contribution in [-0.2, 0) is 13.6 Å². The molecule has 0 saturated heterocycles. The van der Waals surface area contributed by atoms with Crippen molar-refractivity contribution in [3.63, 3.8) is 0 Å². The minimum atomic E-state index is -0.161. The lowest BCUT2D eigenvalue weighted by Crippen LogP contribution is -2.28. The molecule has 3 rings (SSSR count). The van der Waals surface area contributed by atoms with E-state index in [-0.39, 0.29) is 5.91 Å². The van der Waals surface area contributed by atoms with E-state index >= 15 is 0 Å². The van der Waals surface area contributed by atoms with Crippen LogP contribution in [0.1, 0.15) is 16.1 Å². The second-order valence-electron chi connectivity index (χ2n) is 5.24. The highest BCUT2D eigenvalue weighted by atomic mass is 35.5. The molecule has 1 amide bonds. The molecule has 0 atom stereocenters. The number of aromatic nitrogens is 4. The van der Waals surface area contributed by atoms with E-state index in [1.165, 1.54) is 10.9 Å². The van der Waals surface area contributed by atoms with Crippen molar-refractivity contribution in [1.82, 2.24) is 24.5 Å². The molecule has 7 heteroatoms. The van der Waals surface area contributed by atoms with Crippen LogP contribution in [0.15, 0.2) is 48.9 Å². The van der Waals surface area contributed by atoms with E-state index in [4.69, 9.17) is 11.6 Å². The van der Waals surface area contributed by atoms with Gasteiger partial charge in [0.15, 0.2) is 0 Å². The summed E-state index contributed by atoms with van der Waals surface area (Å²) in [6, 6.07) is 9.77. The Morgan fingerprint density at radius 3 is 2.57 bits per heavy atom. The standard InChI is InChI=1S/C16H16ClN5O/c1-20(16(23)15-14(17)10-19-21(15)2)11-12-4-6-13(7-5-12)22-9-3-8-18-22/h3-10H,11H2,1-2H3. The third-order valence-corrected chi connectivity index (χ3v) is 3.85. The molecule has 6 nitrogen and oxygen atoms in total. The lowest BCUT2D eigenvalue weighted by Gasteiger charge is -2.17. The van der Waals surface area contributed by atoms with Crippen LogP contribution in [0.25, 0.3) is 5.69 Å². The summed E-state index contributed by atoms with van der Waals surface area (Å²) in [5.74, 6) is -0.161. The Labute approximate surface area is 138 Å². The first-order chi connectivity index (χ1) is 11.1. The molecule has 0 N–H and O–H groups in total. The predicted molar refractivity (Wildman–Crippen MR) is 87.6 cm³/mol. The summed E-state index contributed by atoms with van der Waals surface area (Å²) in [6.07, 6.45) is 5.09. The molecule has 0 aliphatic rings. The third kappa shape index (κ3) is 3.12. The van der Waals surface area contributed by atoms with Gasteiger partial charge in [-0.15, -0.1) is 0 Å². The highest BCUT2D eigenvalue weighted by Gasteiger charge is 2.19. The first-order valence-corrected chi connectivity index (χ1v) is 7.46. The molecule has 0 aliphatic heterocycles. The van der Waals surface area contributed by atoms with Gasteiger partial charge < -0.3 is 4.90 Å². The molecular formula is C16H16ClN5O. The van der Waals surface area contributed by atoms with Gasteiger partial charge in [0.2, 0.25) is 0 Å². The van der Waals surface area contributed by atoms with Crippen molar-refractivity contribution in [2.75, 3.05) is 7.05 Å². The normalized spacial score (nSPS) is 10.7. The quantitative estimate of drug-likeness (QED) is 0.739. The summed E-state index contributed by atoms with van der Waals surface area (Å²) in [5, 5.41) is 8.54. The maximum Gasteiger partial charge on any atom is 0.273 e. The molecule has 0 unspecified atom stereocenters. The average molecular weight is 330 g/mol. The van der Waals surface area contributed by atoms with Gasteiger partial charge in [-0.25, -0.2) is 4.68 Å². The fourth-order valence-electron chi connectivity index (χ4n) is 2.35. The largest absolute Gasteiger partial charge is 0.336 e. The zero-order valence-electron chi connectivity index (χ0n) is 12.8. The summed E-state index contributed by atoms with van der Waals surface area (Å²) < 4.78 is 3.27. The van der Waals surface area contributed by atoms with Gasteiger partial charge in [-0.05, 0) is 23.8 Å². The lowest BCUT2D eigenvalue weighted by molar-refractivity contribution is 0.0774. The molecule has 0 fully saturated rings. The van der Waals surface area contributed by atoms with Crippen LogP contribution in [0.5, 0.6) is 0 Å². The van der Waals surface area contributed by atoms with Crippen LogP contribution in [0.2, 0.25) is 5.02 Å². The topological polar surface area (TPSA) is 56.0 Å². The maximum absolute atomic E-state index is 12.5. The molecule has 3 aromatic rings. The molecule has 0 radical (unpaired) electrons. The zero-order valence-corrected chi connectivity index (χ0v) is 13.6. The summed E-state index contributed by atoms with van der Waals surface area (Å²) >= 11 is 6.02. The van der Waals surface area contributed by atoms with E-state index in [0.717, 1.165) is 11.3 Å². The summed E-state index contributed by atoms with van der Waals surface area (Å²) in [5.41, 5.74) is 2.39. The average Bonchev–Trinajstić information content (AvgIpc) is 3.18. The van der Waals surface area contributed by atoms with Gasteiger partial charge in [0.25, 0.3) is 5.91 Å². The highest BCUT2D eigenvalue weighted by molar-refractivity contribution is 6.33. The highest BCUT2D eigenvalue weighted by Crippen LogP contribution is 2.17. The van der Waals surface area contributed by atoms with Crippen LogP contribution >= 0.6 is 11.6 Å². The van der Waals surface area contributed by atoms with Gasteiger partial charge in [0.05, 0.1) is 16.9 Å². The van der Waals surface area contributed by atoms with Crippen molar-refractivity contribution in [1.29, 1.82) is 0 Å². The fraction of sp³-hybridized carbons (Fsp3) is 0.188. The smallest absolute Gasteiger partial charge is 0.273 e. The minimum absolute atomic E-state index is 0.161. The van der Waals surface area contributed by atoms with E-state index in [9.17, 15) is 4.79 Å². The van der Waals surface area contributed by atoms with Crippen LogP contribution in [0.3, 0.4) is 0 Å². The number of halogens is 1. The van der Waals surface area contributed by atoms with Crippen molar-refractivity contribution < 1.29 is 4.79 Å². The van der Waals surface area contributed by atoms with Gasteiger partial charge in [-0.2, -0.15) is 10.2 Å². The second-order valence-corrected chi connectivity index (χ2v) is 5.65. The predicted octanol–water partition coefficient (Wildman–Crippen LogP) is 2.53. The van der Waals surface area contributed by atoms with Crippen molar-refractivity contribution in [3.8, 4) is 5.69 Å². The zero-order chi connectivity index (χ0) is 16.4. The molecule has 2 aromatic heterocycles. The Morgan fingerprint density at radius 1 is 1.26 bits per heavy atom. The molecular weight excluding hydrogens is 314 g/mol. The van der Waals surface area contributed by atoms with Gasteiger partial charge in [-0.3, -0.25) is 9.48 Å². The number of carbonyl (C=O) groups excluding carboxylic acids is 1. The van der Waals surface area contributed by atoms with Gasteiger partial charge >= 0.3 is 0 Å². The Morgan fingerprint density at radius 2 is 2.00 bits per heavy atom. The van der Waals surface area contributed by atoms with Crippen LogP contribution < -0.4 is 0 Å². The van der Waals surface area contributed by atoms with Crippen molar-refractivity contribution >= 4 is 17.5 Å². The lowest BCUT2D eigenvalue weighted by atomic mass is 10.2. The van der Waals surface area contributed by atoms with Crippen molar-refractivity contribution in [3.05, 3.63) is 65.2 Å². The number of hydrogen-bond acceptors (Lipinski definition) is 3. The molecule has 0 bridgehead atoms. The SMILES string of the molecule is CN(Cc1ccc(-n2cccn2)cc1)C(=O)c1c(Cl)cnn1C. The molecule has 1 aromatic carbocycles. The number of aryl methyl sites for hydroxylation is 1. The van der Waals surface area contributed by atoms with Gasteiger partial charge in [0.1, 0.15) is 5.69 Å². The first kappa shape index (κ1) is 15.3. The Bertz CT molecular complexity index is 788. The molecule has 2 heterocycles. The number of hydrogen-bond donors (Lipinski definition) is 0. The number of amides is 1. The fourth-order valence-corrected chi connectivity index (χ4v) is 2.60. The van der Waals surface area contributed by atoms with E-state index in [2.05, 4.69) is 10.2 Å². The van der Waals surface area contributed by atoms with Crippen LogP contribution in [0.4, 0.5) is 0 Å². The number of nitrogens with zero attached hydrogens (tertiary/aromatic N) is 5. The summed E-state index contributed by atoms with van der Waals surface area (Å²) in [7, 11) is 3.44. The van der Waals surface area contributed by atoms with Crippen LogP contribution in [-0.4, -0.2) is 37.4 Å². The summed E-state index contributed by atoms with van der Waals surface area (Å²) in [4.78, 5) is 14.1. The number of carbonyl (C=O) groups is 1. The molecule has 0 saturated carbocycles. The van der Waals surface area contributed by atoms with E-state index in [1.807, 2.05) is 36.5 Å². The Kier molecular flexibility index (Phi) is 4.16. The second kappa shape index (κ2) is 6.26. The van der Waals surface area contributed by atoms with E-state index in [1.54, 1.807) is 29.9 Å². The van der Waals surface area contributed by atoms with Crippen molar-refractivity contribution in [2.24, 2.45) is 7.05 Å². The van der Waals surface area contributed by atoms with Crippen molar-refractivity contribution in [2.45, 2.75) is 6.54 Å². The Hall–Kier alpha value is -2.60. The molecule has 118 valence electrons. The van der Waals surface area contributed by atoms with Gasteiger partial charge in [0, 0.05) is 33.0 Å². The van der Waals surface area contributed by atoms with Crippen LogP contribution in [0, 0.1) is 0 Å². The number of benzene rings is 1. The summed E-state index contributed by atoms with van der Waals surface area (Å²) in [6.45, 7) is 0.486. The molecule has 0 spiro atoms. The third-order valence-electron chi connectivity index (χ3n) is 3.57. The Balaban J connectivity index is 1.73. The van der Waals surface area contributed by atoms with Gasteiger partial charge in [-0.1, -0.05) is 23.7 Å². The minimum Gasteiger partial charge on any atom is -0.336 e.